The molecule has 1 rings (SSSR count). The number of nitrogens with one attached hydrogen (secondary N) is 1. The number of carbonyl (C=O) groups is 1. The van der Waals surface area contributed by atoms with Crippen LogP contribution in [0.2, 0.25) is 0 Å². The Kier molecular flexibility index (Phi) is 7.68. The predicted molar refractivity (Wildman–Crippen MR) is 81.5 cm³/mol. The second-order valence-corrected chi connectivity index (χ2v) is 7.04. The van der Waals surface area contributed by atoms with Crippen molar-refractivity contribution in [3.63, 3.8) is 0 Å². The Bertz CT molecular complexity index is 915. The lowest BCUT2D eigenvalue weighted by atomic mass is 9.89. The van der Waals surface area contributed by atoms with Gasteiger partial charge in [0, 0.05) is 18.9 Å². The van der Waals surface area contributed by atoms with E-state index in [0.29, 0.717) is 0 Å². The number of carbonyl (C=O) groups excluding carboxylic acids is 1. The van der Waals surface area contributed by atoms with Gasteiger partial charge in [0.2, 0.25) is 0 Å². The van der Waals surface area contributed by atoms with E-state index in [2.05, 4.69) is 16.6 Å². The number of amides is 1. The normalized spacial score (nSPS) is 15.2. The van der Waals surface area contributed by atoms with Crippen LogP contribution in [0, 0.1) is 0 Å². The van der Waals surface area contributed by atoms with Gasteiger partial charge in [-0.3, -0.25) is 9.78 Å². The molecule has 0 radical (unpaired) electrons. The molecular weight excluding hydrogens is 564 g/mol. The SMILES string of the molecule is O=C(NCc1cccnc1)C(F)(F)C(F)(F)C(F)(F)C(F)(F)C(F)(F)C(F)(F)C(F)(F)C(F)(F)Cl. The van der Waals surface area contributed by atoms with Crippen LogP contribution in [0.5, 0.6) is 0 Å². The summed E-state index contributed by atoms with van der Waals surface area (Å²) in [4.78, 5) is 14.6. The van der Waals surface area contributed by atoms with Gasteiger partial charge >= 0.3 is 46.8 Å². The molecule has 0 bridgehead atoms. The van der Waals surface area contributed by atoms with E-state index >= 15 is 0 Å². The third-order valence-corrected chi connectivity index (χ3v) is 4.42. The van der Waals surface area contributed by atoms with Gasteiger partial charge < -0.3 is 5.32 Å². The zero-order valence-electron chi connectivity index (χ0n) is 15.8. The molecule has 0 aliphatic heterocycles. The van der Waals surface area contributed by atoms with Crippen LogP contribution in [0.1, 0.15) is 5.56 Å². The van der Waals surface area contributed by atoms with E-state index in [1.165, 1.54) is 0 Å². The summed E-state index contributed by atoms with van der Waals surface area (Å²) in [7, 11) is 0. The van der Waals surface area contributed by atoms with Gasteiger partial charge in [0.25, 0.3) is 5.91 Å². The Morgan fingerprint density at radius 1 is 0.714 bits per heavy atom. The zero-order chi connectivity index (χ0) is 28.1. The van der Waals surface area contributed by atoms with Gasteiger partial charge in [-0.25, -0.2) is 0 Å². The monoisotopic (exact) mass is 570 g/mol. The van der Waals surface area contributed by atoms with Crippen LogP contribution in [0.25, 0.3) is 0 Å². The Morgan fingerprint density at radius 2 is 1.11 bits per heavy atom. The average molecular weight is 571 g/mol. The summed E-state index contributed by atoms with van der Waals surface area (Å²) in [5.74, 6) is -60.4. The van der Waals surface area contributed by atoms with Gasteiger partial charge in [-0.2, -0.15) is 70.2 Å². The van der Waals surface area contributed by atoms with E-state index in [0.717, 1.165) is 29.8 Å². The third-order valence-electron chi connectivity index (χ3n) is 4.18. The van der Waals surface area contributed by atoms with Gasteiger partial charge in [0.15, 0.2) is 0 Å². The second kappa shape index (κ2) is 8.72. The lowest BCUT2D eigenvalue weighted by Crippen LogP contribution is -2.75. The summed E-state index contributed by atoms with van der Waals surface area (Å²) in [6.45, 7) is -1.22. The molecule has 3 nitrogen and oxygen atoms in total. The van der Waals surface area contributed by atoms with Crippen molar-refractivity contribution in [2.75, 3.05) is 0 Å². The maximum atomic E-state index is 13.7. The van der Waals surface area contributed by atoms with Crippen LogP contribution in [0.15, 0.2) is 24.5 Å². The van der Waals surface area contributed by atoms with Crippen LogP contribution in [-0.4, -0.2) is 57.7 Å². The fraction of sp³-hybridized carbons (Fsp3) is 0.600. The molecule has 0 fully saturated rings. The topological polar surface area (TPSA) is 42.0 Å². The Balaban J connectivity index is 3.47. The quantitative estimate of drug-likeness (QED) is 0.278. The molecule has 0 saturated carbocycles. The number of aromatic nitrogens is 1. The molecule has 1 heterocycles. The molecule has 0 aromatic carbocycles. The highest BCUT2D eigenvalue weighted by Crippen LogP contribution is 2.64. The first kappa shape index (κ1) is 30.8. The van der Waals surface area contributed by atoms with Crippen LogP contribution in [0.4, 0.5) is 70.2 Å². The van der Waals surface area contributed by atoms with E-state index in [4.69, 9.17) is 0 Å². The first-order chi connectivity index (χ1) is 15.2. The molecule has 0 atom stereocenters. The molecule has 0 saturated heterocycles. The molecule has 0 aliphatic carbocycles. The Hall–Kier alpha value is -2.21. The number of nitrogens with zero attached hydrogens (tertiary/aromatic N) is 1. The fourth-order valence-electron chi connectivity index (χ4n) is 2.10. The molecule has 1 N–H and O–H groups in total. The first-order valence-corrected chi connectivity index (χ1v) is 8.51. The summed E-state index contributed by atoms with van der Waals surface area (Å²) in [5.41, 5.74) is -0.285. The van der Waals surface area contributed by atoms with Crippen LogP contribution in [0.3, 0.4) is 0 Å². The number of hydrogen-bond acceptors (Lipinski definition) is 2. The molecule has 1 aromatic rings. The molecule has 0 aliphatic rings. The van der Waals surface area contributed by atoms with Crippen molar-refractivity contribution in [2.45, 2.75) is 53.4 Å². The molecule has 202 valence electrons. The van der Waals surface area contributed by atoms with Gasteiger partial charge in [0.1, 0.15) is 0 Å². The van der Waals surface area contributed by atoms with E-state index < -0.39 is 59.3 Å². The summed E-state index contributed by atoms with van der Waals surface area (Å²) in [6.07, 6.45) is 1.85. The van der Waals surface area contributed by atoms with Crippen molar-refractivity contribution in [1.82, 2.24) is 10.3 Å². The van der Waals surface area contributed by atoms with Gasteiger partial charge in [0.05, 0.1) is 0 Å². The maximum absolute atomic E-state index is 13.7. The van der Waals surface area contributed by atoms with Crippen molar-refractivity contribution >= 4 is 17.5 Å². The highest BCUT2D eigenvalue weighted by molar-refractivity contribution is 6.22. The number of hydrogen-bond donors (Lipinski definition) is 1. The minimum Gasteiger partial charge on any atom is -0.347 e. The third kappa shape index (κ3) is 4.43. The number of alkyl halides is 17. The van der Waals surface area contributed by atoms with Crippen LogP contribution >= 0.6 is 11.6 Å². The van der Waals surface area contributed by atoms with E-state index in [1.54, 1.807) is 0 Å². The van der Waals surface area contributed by atoms with E-state index in [1.807, 2.05) is 0 Å². The van der Waals surface area contributed by atoms with Crippen molar-refractivity contribution in [3.05, 3.63) is 30.1 Å². The van der Waals surface area contributed by atoms with Gasteiger partial charge in [-0.15, -0.1) is 0 Å². The van der Waals surface area contributed by atoms with Gasteiger partial charge in [-0.05, 0) is 23.2 Å². The van der Waals surface area contributed by atoms with Crippen molar-refractivity contribution in [1.29, 1.82) is 0 Å². The van der Waals surface area contributed by atoms with E-state index in [-0.39, 0.29) is 5.56 Å². The Labute approximate surface area is 187 Å². The highest BCUT2D eigenvalue weighted by Gasteiger charge is 2.95. The number of pyridine rings is 1. The fourth-order valence-corrected chi connectivity index (χ4v) is 2.22. The summed E-state index contributed by atoms with van der Waals surface area (Å²) < 4.78 is 213. The minimum absolute atomic E-state index is 0.285. The smallest absolute Gasteiger partial charge is 0.347 e. The predicted octanol–water partition coefficient (Wildman–Crippen LogP) is 5.98. The lowest BCUT2D eigenvalue weighted by molar-refractivity contribution is -0.446. The van der Waals surface area contributed by atoms with Crippen LogP contribution in [-0.2, 0) is 11.3 Å². The molecule has 20 heteroatoms. The molecule has 35 heavy (non-hydrogen) atoms. The maximum Gasteiger partial charge on any atom is 0.393 e. The second-order valence-electron chi connectivity index (χ2n) is 6.56. The average Bonchev–Trinajstić information content (AvgIpc) is 2.70. The number of rotatable bonds is 10. The summed E-state index contributed by atoms with van der Waals surface area (Å²) in [6, 6.07) is 2.05. The molecular formula is C15H7ClF16N2O. The molecule has 0 spiro atoms. The summed E-state index contributed by atoms with van der Waals surface area (Å²) in [5, 5.41) is -6.03. The zero-order valence-corrected chi connectivity index (χ0v) is 16.6. The van der Waals surface area contributed by atoms with Gasteiger partial charge in [-0.1, -0.05) is 6.07 Å². The van der Waals surface area contributed by atoms with Crippen molar-refractivity contribution in [2.24, 2.45) is 0 Å². The lowest BCUT2D eigenvalue weighted by Gasteiger charge is -2.42. The standard InChI is InChI=1S/C15H7ClF16N2O/c16-15(31,32)14(29,30)13(27,28)12(25,26)11(23,24)10(21,22)9(19,20)8(17,18)7(35)34-5-6-2-1-3-33-4-6/h1-4H,5H2,(H,34,35). The molecule has 1 aromatic heterocycles. The first-order valence-electron chi connectivity index (χ1n) is 8.13. The summed E-state index contributed by atoms with van der Waals surface area (Å²) >= 11 is 3.41. The highest BCUT2D eigenvalue weighted by atomic mass is 35.5. The largest absolute Gasteiger partial charge is 0.393 e. The van der Waals surface area contributed by atoms with Crippen molar-refractivity contribution in [3.8, 4) is 0 Å². The van der Waals surface area contributed by atoms with Crippen molar-refractivity contribution < 1.29 is 75.0 Å². The Morgan fingerprint density at radius 3 is 1.49 bits per heavy atom. The molecule has 1 amide bonds. The van der Waals surface area contributed by atoms with E-state index in [9.17, 15) is 75.0 Å². The minimum atomic E-state index is -8.62. The van der Waals surface area contributed by atoms with Crippen LogP contribution < -0.4 is 5.32 Å². The molecule has 0 unspecified atom stereocenters. The number of halogens is 17.